The zero-order chi connectivity index (χ0) is 13.3. The Morgan fingerprint density at radius 3 is 1.76 bits per heavy atom. The first kappa shape index (κ1) is 14.5. The van der Waals surface area contributed by atoms with E-state index in [-0.39, 0.29) is 25.9 Å². The first-order valence-corrected chi connectivity index (χ1v) is 4.79. The van der Waals surface area contributed by atoms with Gasteiger partial charge < -0.3 is 10.1 Å². The molecule has 0 aliphatic carbocycles. The molecule has 1 rings (SSSR count). The van der Waals surface area contributed by atoms with Crippen LogP contribution in [0.3, 0.4) is 0 Å². The number of nitrogens with one attached hydrogen (secondary N) is 1. The molecule has 1 saturated heterocycles. The quantitative estimate of drug-likeness (QED) is 0.795. The van der Waals surface area contributed by atoms with Gasteiger partial charge in [-0.25, -0.2) is 0 Å². The summed E-state index contributed by atoms with van der Waals surface area (Å²) < 4.78 is 89.3. The summed E-state index contributed by atoms with van der Waals surface area (Å²) in [6.45, 7) is 0.469. The molecule has 1 N–H and O–H groups in total. The van der Waals surface area contributed by atoms with Gasteiger partial charge in [0.15, 0.2) is 0 Å². The molecule has 102 valence electrons. The fourth-order valence-corrected chi connectivity index (χ4v) is 1.36. The molecule has 1 aliphatic rings. The van der Waals surface area contributed by atoms with Crippen molar-refractivity contribution in [2.75, 3.05) is 13.1 Å². The number of alkyl halides is 7. The van der Waals surface area contributed by atoms with Crippen molar-refractivity contribution in [1.82, 2.24) is 5.32 Å². The molecule has 1 fully saturated rings. The summed E-state index contributed by atoms with van der Waals surface area (Å²) >= 11 is 0. The summed E-state index contributed by atoms with van der Waals surface area (Å²) in [5.74, 6) is -6.19. The molecule has 1 heterocycles. The predicted octanol–water partition coefficient (Wildman–Crippen LogP) is 2.55. The number of piperidine rings is 1. The van der Waals surface area contributed by atoms with Gasteiger partial charge in [-0.05, 0) is 25.9 Å². The van der Waals surface area contributed by atoms with Gasteiger partial charge >= 0.3 is 18.2 Å². The van der Waals surface area contributed by atoms with E-state index < -0.39 is 24.3 Å². The largest absolute Gasteiger partial charge is 0.462 e. The molecule has 0 bridgehead atoms. The van der Waals surface area contributed by atoms with E-state index in [2.05, 4.69) is 10.1 Å². The summed E-state index contributed by atoms with van der Waals surface area (Å²) in [5.41, 5.74) is 0. The van der Waals surface area contributed by atoms with Crippen LogP contribution in [0.5, 0.6) is 0 Å². The molecule has 0 radical (unpaired) electrons. The van der Waals surface area contributed by atoms with E-state index in [0.717, 1.165) is 0 Å². The van der Waals surface area contributed by atoms with Crippen LogP contribution in [0.4, 0.5) is 30.7 Å². The fourth-order valence-electron chi connectivity index (χ4n) is 1.36. The van der Waals surface area contributed by atoms with Crippen LogP contribution in [-0.2, 0) is 4.74 Å². The monoisotopic (exact) mass is 269 g/mol. The highest BCUT2D eigenvalue weighted by atomic mass is 19.4. The number of rotatable bonds is 3. The Morgan fingerprint density at radius 2 is 1.35 bits per heavy atom. The lowest BCUT2D eigenvalue weighted by Gasteiger charge is -2.32. The molecule has 0 aromatic carbocycles. The smallest absolute Gasteiger partial charge is 0.317 e. The second-order valence-corrected chi connectivity index (χ2v) is 3.66. The molecule has 0 unspecified atom stereocenters. The van der Waals surface area contributed by atoms with Gasteiger partial charge in [0.25, 0.3) is 0 Å². The normalized spacial score (nSPS) is 20.6. The molecule has 0 atom stereocenters. The summed E-state index contributed by atoms with van der Waals surface area (Å²) in [5, 5.41) is 2.73. The van der Waals surface area contributed by atoms with Gasteiger partial charge in [0.05, 0.1) is 6.10 Å². The first-order chi connectivity index (χ1) is 7.58. The Morgan fingerprint density at radius 1 is 0.882 bits per heavy atom. The number of hydrogen-bond donors (Lipinski definition) is 1. The highest BCUT2D eigenvalue weighted by molar-refractivity contribution is 4.86. The van der Waals surface area contributed by atoms with Crippen LogP contribution >= 0.6 is 0 Å². The lowest BCUT2D eigenvalue weighted by Crippen LogP contribution is -2.55. The van der Waals surface area contributed by atoms with Crippen molar-refractivity contribution in [3.8, 4) is 0 Å². The Labute approximate surface area is 92.1 Å². The molecule has 0 saturated carbocycles. The summed E-state index contributed by atoms with van der Waals surface area (Å²) in [6.07, 6.45) is -13.3. The summed E-state index contributed by atoms with van der Waals surface area (Å²) in [4.78, 5) is 0. The second-order valence-electron chi connectivity index (χ2n) is 3.66. The van der Waals surface area contributed by atoms with Gasteiger partial charge in [-0.2, -0.15) is 30.7 Å². The van der Waals surface area contributed by atoms with Gasteiger partial charge in [-0.3, -0.25) is 0 Å². The van der Waals surface area contributed by atoms with E-state index in [1.54, 1.807) is 0 Å². The van der Waals surface area contributed by atoms with E-state index in [1.807, 2.05) is 0 Å². The van der Waals surface area contributed by atoms with Crippen LogP contribution in [0.15, 0.2) is 0 Å². The van der Waals surface area contributed by atoms with E-state index in [0.29, 0.717) is 0 Å². The molecule has 0 aromatic heterocycles. The van der Waals surface area contributed by atoms with Crippen molar-refractivity contribution < 1.29 is 35.5 Å². The molecule has 0 aromatic rings. The number of hydrogen-bond acceptors (Lipinski definition) is 2. The summed E-state index contributed by atoms with van der Waals surface area (Å²) in [7, 11) is 0. The van der Waals surface area contributed by atoms with Crippen LogP contribution in [-0.4, -0.2) is 37.4 Å². The van der Waals surface area contributed by atoms with E-state index in [1.165, 1.54) is 0 Å². The second kappa shape index (κ2) is 4.60. The lowest BCUT2D eigenvalue weighted by molar-refractivity contribution is -0.432. The van der Waals surface area contributed by atoms with Gasteiger partial charge in [-0.1, -0.05) is 0 Å². The van der Waals surface area contributed by atoms with E-state index in [4.69, 9.17) is 0 Å². The number of halogens is 7. The maximum Gasteiger partial charge on any atom is 0.462 e. The molecule has 9 heteroatoms. The third-order valence-electron chi connectivity index (χ3n) is 2.32. The van der Waals surface area contributed by atoms with Crippen molar-refractivity contribution >= 4 is 0 Å². The first-order valence-electron chi connectivity index (χ1n) is 4.79. The molecule has 0 amide bonds. The van der Waals surface area contributed by atoms with Crippen LogP contribution < -0.4 is 5.32 Å². The third-order valence-corrected chi connectivity index (χ3v) is 2.32. The molecular weight excluding hydrogens is 259 g/mol. The Hall–Kier alpha value is -0.570. The third kappa shape index (κ3) is 3.01. The average molecular weight is 269 g/mol. The van der Waals surface area contributed by atoms with Crippen molar-refractivity contribution in [1.29, 1.82) is 0 Å². The van der Waals surface area contributed by atoms with Gasteiger partial charge in [0.1, 0.15) is 0 Å². The van der Waals surface area contributed by atoms with Crippen LogP contribution in [0.25, 0.3) is 0 Å². The maximum absolute atomic E-state index is 12.8. The number of ether oxygens (including phenoxy) is 1. The molecule has 1 aliphatic heterocycles. The average Bonchev–Trinajstić information content (AvgIpc) is 2.16. The topological polar surface area (TPSA) is 21.3 Å². The van der Waals surface area contributed by atoms with Gasteiger partial charge in [0, 0.05) is 0 Å². The minimum atomic E-state index is -6.34. The van der Waals surface area contributed by atoms with Crippen molar-refractivity contribution in [2.24, 2.45) is 0 Å². The van der Waals surface area contributed by atoms with Crippen LogP contribution in [0.2, 0.25) is 0 Å². The van der Waals surface area contributed by atoms with E-state index >= 15 is 0 Å². The molecule has 17 heavy (non-hydrogen) atoms. The standard InChI is InChI=1S/C8H10F7NO/c9-6(10,7(11,12)13)8(14,15)17-5-1-3-16-4-2-5/h5,16H,1-4H2. The Kier molecular flexibility index (Phi) is 3.92. The minimum Gasteiger partial charge on any atom is -0.317 e. The minimum absolute atomic E-state index is 0.0382. The Bertz CT molecular complexity index is 259. The van der Waals surface area contributed by atoms with Gasteiger partial charge in [-0.15, -0.1) is 0 Å². The predicted molar refractivity (Wildman–Crippen MR) is 42.9 cm³/mol. The lowest BCUT2D eigenvalue weighted by atomic mass is 10.1. The highest BCUT2D eigenvalue weighted by Crippen LogP contribution is 2.47. The highest BCUT2D eigenvalue weighted by Gasteiger charge is 2.74. The van der Waals surface area contributed by atoms with E-state index in [9.17, 15) is 30.7 Å². The molecule has 0 spiro atoms. The molecular formula is C8H10F7NO. The van der Waals surface area contributed by atoms with Crippen molar-refractivity contribution in [3.05, 3.63) is 0 Å². The zero-order valence-corrected chi connectivity index (χ0v) is 8.46. The van der Waals surface area contributed by atoms with Crippen LogP contribution in [0.1, 0.15) is 12.8 Å². The van der Waals surface area contributed by atoms with Crippen molar-refractivity contribution in [3.63, 3.8) is 0 Å². The zero-order valence-electron chi connectivity index (χ0n) is 8.46. The SMILES string of the molecule is FC(F)(F)C(F)(F)C(F)(F)OC1CCNCC1. The van der Waals surface area contributed by atoms with Crippen molar-refractivity contribution in [2.45, 2.75) is 37.2 Å². The summed E-state index contributed by atoms with van der Waals surface area (Å²) in [6, 6.07) is 0. The molecule has 2 nitrogen and oxygen atoms in total. The van der Waals surface area contributed by atoms with Gasteiger partial charge in [0.2, 0.25) is 0 Å². The Balaban J connectivity index is 2.72. The van der Waals surface area contributed by atoms with Crippen LogP contribution in [0, 0.1) is 0 Å². The maximum atomic E-state index is 12.8. The fraction of sp³-hybridized carbons (Fsp3) is 1.00.